The van der Waals surface area contributed by atoms with E-state index in [1.165, 1.54) is 11.6 Å². The Morgan fingerprint density at radius 1 is 1.29 bits per heavy atom. The highest BCUT2D eigenvalue weighted by Gasteiger charge is 2.04. The second kappa shape index (κ2) is 3.74. The average molecular weight is 189 g/mol. The molecule has 1 aromatic heterocycles. The van der Waals surface area contributed by atoms with Gasteiger partial charge in [0, 0.05) is 11.6 Å². The molecule has 0 fully saturated rings. The number of halogens is 1. The highest BCUT2D eigenvalue weighted by Crippen LogP contribution is 2.19. The number of fused-ring (bicyclic) bond motifs is 1. The van der Waals surface area contributed by atoms with E-state index in [-0.39, 0.29) is 5.82 Å². The fraction of sp³-hybridized carbons (Fsp3) is 0.250. The van der Waals surface area contributed by atoms with E-state index in [0.29, 0.717) is 5.52 Å². The first-order valence-electron chi connectivity index (χ1n) is 4.85. The van der Waals surface area contributed by atoms with Crippen LogP contribution in [0.1, 0.15) is 18.9 Å². The van der Waals surface area contributed by atoms with Gasteiger partial charge in [-0.05, 0) is 24.1 Å². The van der Waals surface area contributed by atoms with Gasteiger partial charge in [-0.25, -0.2) is 4.39 Å². The van der Waals surface area contributed by atoms with E-state index in [0.717, 1.165) is 18.2 Å². The van der Waals surface area contributed by atoms with Crippen LogP contribution in [0.5, 0.6) is 0 Å². The Balaban J connectivity index is 2.68. The number of pyridine rings is 1. The third-order valence-electron chi connectivity index (χ3n) is 2.33. The molecule has 1 heterocycles. The van der Waals surface area contributed by atoms with Gasteiger partial charge in [0.25, 0.3) is 0 Å². The minimum Gasteiger partial charge on any atom is -0.253 e. The van der Waals surface area contributed by atoms with Crippen LogP contribution in [0.2, 0.25) is 0 Å². The number of rotatable bonds is 2. The zero-order valence-electron chi connectivity index (χ0n) is 8.13. The molecule has 0 N–H and O–H groups in total. The molecule has 0 aliphatic heterocycles. The van der Waals surface area contributed by atoms with E-state index in [2.05, 4.69) is 11.9 Å². The number of hydrogen-bond acceptors (Lipinski definition) is 1. The van der Waals surface area contributed by atoms with Gasteiger partial charge in [-0.2, -0.15) is 0 Å². The Morgan fingerprint density at radius 2 is 2.14 bits per heavy atom. The normalized spacial score (nSPS) is 10.7. The van der Waals surface area contributed by atoms with E-state index in [9.17, 15) is 4.39 Å². The van der Waals surface area contributed by atoms with Crippen molar-refractivity contribution >= 4 is 10.9 Å². The number of aromatic nitrogens is 1. The number of para-hydroxylation sites is 1. The molecule has 0 saturated heterocycles. The summed E-state index contributed by atoms with van der Waals surface area (Å²) in [5.41, 5.74) is 1.66. The van der Waals surface area contributed by atoms with Crippen LogP contribution in [-0.2, 0) is 6.42 Å². The Morgan fingerprint density at radius 3 is 2.93 bits per heavy atom. The molecule has 0 radical (unpaired) electrons. The van der Waals surface area contributed by atoms with Crippen molar-refractivity contribution in [3.8, 4) is 0 Å². The summed E-state index contributed by atoms with van der Waals surface area (Å²) in [6.07, 6.45) is 3.72. The first kappa shape index (κ1) is 9.13. The maximum absolute atomic E-state index is 13.3. The third-order valence-corrected chi connectivity index (χ3v) is 2.33. The summed E-state index contributed by atoms with van der Waals surface area (Å²) in [5.74, 6) is -0.236. The van der Waals surface area contributed by atoms with Gasteiger partial charge >= 0.3 is 0 Å². The first-order valence-corrected chi connectivity index (χ1v) is 4.85. The van der Waals surface area contributed by atoms with Crippen LogP contribution < -0.4 is 0 Å². The van der Waals surface area contributed by atoms with Crippen molar-refractivity contribution in [1.29, 1.82) is 0 Å². The standard InChI is InChI=1S/C12H12FN/c1-2-4-9-7-8-14-12-10(9)5-3-6-11(12)13/h3,5-8H,2,4H2,1H3. The second-order valence-corrected chi connectivity index (χ2v) is 3.36. The van der Waals surface area contributed by atoms with Gasteiger partial charge in [0.2, 0.25) is 0 Å². The van der Waals surface area contributed by atoms with Gasteiger partial charge in [-0.1, -0.05) is 25.5 Å². The largest absolute Gasteiger partial charge is 0.253 e. The van der Waals surface area contributed by atoms with Crippen LogP contribution >= 0.6 is 0 Å². The molecule has 14 heavy (non-hydrogen) atoms. The third kappa shape index (κ3) is 1.48. The topological polar surface area (TPSA) is 12.9 Å². The molecule has 72 valence electrons. The molecule has 0 amide bonds. The molecule has 0 saturated carbocycles. The fourth-order valence-corrected chi connectivity index (χ4v) is 1.68. The molecular weight excluding hydrogens is 177 g/mol. The molecule has 2 rings (SSSR count). The Kier molecular flexibility index (Phi) is 2.44. The molecule has 0 aliphatic carbocycles. The fourth-order valence-electron chi connectivity index (χ4n) is 1.68. The van der Waals surface area contributed by atoms with Gasteiger partial charge in [-0.15, -0.1) is 0 Å². The zero-order chi connectivity index (χ0) is 9.97. The quantitative estimate of drug-likeness (QED) is 0.706. The lowest BCUT2D eigenvalue weighted by atomic mass is 10.1. The van der Waals surface area contributed by atoms with Gasteiger partial charge in [0.05, 0.1) is 0 Å². The maximum atomic E-state index is 13.3. The number of nitrogens with zero attached hydrogens (tertiary/aromatic N) is 1. The lowest BCUT2D eigenvalue weighted by molar-refractivity contribution is 0.636. The van der Waals surface area contributed by atoms with Gasteiger partial charge in [0.1, 0.15) is 11.3 Å². The van der Waals surface area contributed by atoms with Crippen LogP contribution in [0, 0.1) is 5.82 Å². The van der Waals surface area contributed by atoms with Crippen molar-refractivity contribution in [2.24, 2.45) is 0 Å². The predicted octanol–water partition coefficient (Wildman–Crippen LogP) is 3.33. The summed E-state index contributed by atoms with van der Waals surface area (Å²) in [5, 5.41) is 0.939. The smallest absolute Gasteiger partial charge is 0.149 e. The Labute approximate surface area is 82.6 Å². The minimum atomic E-state index is -0.236. The number of hydrogen-bond donors (Lipinski definition) is 0. The van der Waals surface area contributed by atoms with Crippen LogP contribution in [0.3, 0.4) is 0 Å². The minimum absolute atomic E-state index is 0.236. The van der Waals surface area contributed by atoms with Crippen molar-refractivity contribution in [2.45, 2.75) is 19.8 Å². The van der Waals surface area contributed by atoms with E-state index in [1.807, 2.05) is 12.1 Å². The lowest BCUT2D eigenvalue weighted by Crippen LogP contribution is -1.90. The van der Waals surface area contributed by atoms with E-state index < -0.39 is 0 Å². The predicted molar refractivity (Wildman–Crippen MR) is 55.7 cm³/mol. The molecule has 0 aliphatic rings. The van der Waals surface area contributed by atoms with Crippen molar-refractivity contribution < 1.29 is 4.39 Å². The molecule has 0 unspecified atom stereocenters. The summed E-state index contributed by atoms with van der Waals surface area (Å²) >= 11 is 0. The lowest BCUT2D eigenvalue weighted by Gasteiger charge is -2.04. The number of aryl methyl sites for hydroxylation is 1. The van der Waals surface area contributed by atoms with Crippen molar-refractivity contribution in [3.05, 3.63) is 41.8 Å². The van der Waals surface area contributed by atoms with Crippen LogP contribution in [0.4, 0.5) is 4.39 Å². The summed E-state index contributed by atoms with van der Waals surface area (Å²) < 4.78 is 13.3. The second-order valence-electron chi connectivity index (χ2n) is 3.36. The van der Waals surface area contributed by atoms with E-state index >= 15 is 0 Å². The first-order chi connectivity index (χ1) is 6.83. The molecule has 0 spiro atoms. The zero-order valence-corrected chi connectivity index (χ0v) is 8.13. The van der Waals surface area contributed by atoms with Gasteiger partial charge in [-0.3, -0.25) is 4.98 Å². The highest BCUT2D eigenvalue weighted by molar-refractivity contribution is 5.82. The molecule has 2 heteroatoms. The van der Waals surface area contributed by atoms with Crippen LogP contribution in [0.15, 0.2) is 30.5 Å². The summed E-state index contributed by atoms with van der Waals surface area (Å²) in [6, 6.07) is 7.07. The van der Waals surface area contributed by atoms with Crippen LogP contribution in [0.25, 0.3) is 10.9 Å². The van der Waals surface area contributed by atoms with Gasteiger partial charge < -0.3 is 0 Å². The molecule has 0 atom stereocenters. The molecule has 1 nitrogen and oxygen atoms in total. The van der Waals surface area contributed by atoms with Crippen molar-refractivity contribution in [1.82, 2.24) is 4.98 Å². The Hall–Kier alpha value is -1.44. The average Bonchev–Trinajstić information content (AvgIpc) is 2.20. The van der Waals surface area contributed by atoms with E-state index in [1.54, 1.807) is 12.3 Å². The maximum Gasteiger partial charge on any atom is 0.149 e. The molecular formula is C12H12FN. The van der Waals surface area contributed by atoms with Gasteiger partial charge in [0.15, 0.2) is 0 Å². The molecule has 0 bridgehead atoms. The number of benzene rings is 1. The summed E-state index contributed by atoms with van der Waals surface area (Å²) in [4.78, 5) is 4.05. The molecule has 2 aromatic rings. The SMILES string of the molecule is CCCc1ccnc2c(F)cccc12. The summed E-state index contributed by atoms with van der Waals surface area (Å²) in [7, 11) is 0. The molecule has 1 aromatic carbocycles. The van der Waals surface area contributed by atoms with Crippen molar-refractivity contribution in [2.75, 3.05) is 0 Å². The van der Waals surface area contributed by atoms with Crippen molar-refractivity contribution in [3.63, 3.8) is 0 Å². The highest BCUT2D eigenvalue weighted by atomic mass is 19.1. The van der Waals surface area contributed by atoms with E-state index in [4.69, 9.17) is 0 Å². The van der Waals surface area contributed by atoms with Crippen LogP contribution in [-0.4, -0.2) is 4.98 Å². The summed E-state index contributed by atoms with van der Waals surface area (Å²) in [6.45, 7) is 2.12. The Bertz CT molecular complexity index is 451. The monoisotopic (exact) mass is 189 g/mol.